The molecule has 2 aromatic carbocycles. The van der Waals surface area contributed by atoms with Crippen LogP contribution in [-0.2, 0) is 9.59 Å². The van der Waals surface area contributed by atoms with Crippen molar-refractivity contribution in [3.8, 4) is 11.5 Å². The van der Waals surface area contributed by atoms with Gasteiger partial charge < -0.3 is 15.4 Å². The number of halogens is 2. The summed E-state index contributed by atoms with van der Waals surface area (Å²) in [5.74, 6) is 0.548. The summed E-state index contributed by atoms with van der Waals surface area (Å²) in [4.78, 5) is 30.4. The van der Waals surface area contributed by atoms with E-state index in [1.807, 2.05) is 4.90 Å². The van der Waals surface area contributed by atoms with E-state index in [2.05, 4.69) is 4.99 Å². The summed E-state index contributed by atoms with van der Waals surface area (Å²) < 4.78 is 5.78. The van der Waals surface area contributed by atoms with E-state index in [1.54, 1.807) is 48.5 Å². The highest BCUT2D eigenvalue weighted by molar-refractivity contribution is 8.18. The maximum absolute atomic E-state index is 12.4. The van der Waals surface area contributed by atoms with Gasteiger partial charge in [-0.05, 0) is 78.7 Å². The molecule has 1 saturated heterocycles. The van der Waals surface area contributed by atoms with Crippen LogP contribution in [0.15, 0.2) is 52.4 Å². The van der Waals surface area contributed by atoms with Gasteiger partial charge in [0.25, 0.3) is 5.91 Å². The van der Waals surface area contributed by atoms with E-state index in [1.165, 1.54) is 11.8 Å². The molecule has 2 aromatic rings. The number of carbonyl (C=O) groups excluding carboxylic acids is 2. The van der Waals surface area contributed by atoms with Gasteiger partial charge >= 0.3 is 0 Å². The van der Waals surface area contributed by atoms with E-state index in [-0.39, 0.29) is 17.7 Å². The van der Waals surface area contributed by atoms with Crippen LogP contribution >= 0.6 is 35.0 Å². The lowest BCUT2D eigenvalue weighted by Gasteiger charge is -2.31. The zero-order valence-electron chi connectivity index (χ0n) is 16.4. The SMILES string of the molecule is NC(=O)C1CCN(C2=NC(=O)/C(=C\c3ccc(Oc4ccc(Cl)cc4)cc3Cl)S2)CC1. The highest BCUT2D eigenvalue weighted by atomic mass is 35.5. The minimum absolute atomic E-state index is 0.110. The van der Waals surface area contributed by atoms with Crippen LogP contribution in [0, 0.1) is 5.92 Å². The lowest BCUT2D eigenvalue weighted by molar-refractivity contribution is -0.123. The Morgan fingerprint density at radius 1 is 1.13 bits per heavy atom. The van der Waals surface area contributed by atoms with Crippen molar-refractivity contribution in [1.29, 1.82) is 0 Å². The molecule has 2 aliphatic heterocycles. The third-order valence-electron chi connectivity index (χ3n) is 5.08. The van der Waals surface area contributed by atoms with Crippen LogP contribution in [0.5, 0.6) is 11.5 Å². The number of primary amides is 1. The van der Waals surface area contributed by atoms with Crippen molar-refractivity contribution in [2.75, 3.05) is 13.1 Å². The van der Waals surface area contributed by atoms with Crippen molar-refractivity contribution >= 4 is 58.0 Å². The molecule has 4 rings (SSSR count). The number of thioether (sulfide) groups is 1. The molecule has 2 N–H and O–H groups in total. The van der Waals surface area contributed by atoms with Crippen LogP contribution in [0.1, 0.15) is 18.4 Å². The Morgan fingerprint density at radius 3 is 2.45 bits per heavy atom. The quantitative estimate of drug-likeness (QED) is 0.631. The van der Waals surface area contributed by atoms with Crippen LogP contribution < -0.4 is 10.5 Å². The molecule has 0 atom stereocenters. The van der Waals surface area contributed by atoms with Gasteiger partial charge in [-0.2, -0.15) is 4.99 Å². The number of aliphatic imine (C=N–C) groups is 1. The summed E-state index contributed by atoms with van der Waals surface area (Å²) >= 11 is 13.6. The van der Waals surface area contributed by atoms with Crippen molar-refractivity contribution in [3.63, 3.8) is 0 Å². The van der Waals surface area contributed by atoms with E-state index in [0.717, 1.165) is 0 Å². The molecule has 1 fully saturated rings. The first-order valence-corrected chi connectivity index (χ1v) is 11.3. The van der Waals surface area contributed by atoms with E-state index in [0.29, 0.717) is 63.1 Å². The van der Waals surface area contributed by atoms with Gasteiger partial charge in [0.2, 0.25) is 5.91 Å². The molecule has 0 bridgehead atoms. The van der Waals surface area contributed by atoms with Gasteiger partial charge in [-0.3, -0.25) is 9.59 Å². The van der Waals surface area contributed by atoms with Crippen LogP contribution in [0.2, 0.25) is 10.0 Å². The van der Waals surface area contributed by atoms with E-state index in [4.69, 9.17) is 33.7 Å². The number of hydrogen-bond donors (Lipinski definition) is 1. The van der Waals surface area contributed by atoms with Gasteiger partial charge in [0.05, 0.1) is 9.93 Å². The first kappa shape index (κ1) is 21.7. The number of carbonyl (C=O) groups is 2. The summed E-state index contributed by atoms with van der Waals surface area (Å²) in [6.07, 6.45) is 3.07. The van der Waals surface area contributed by atoms with Crippen LogP contribution in [0.3, 0.4) is 0 Å². The number of amides is 2. The second kappa shape index (κ2) is 9.34. The highest BCUT2D eigenvalue weighted by Crippen LogP contribution is 2.34. The molecule has 31 heavy (non-hydrogen) atoms. The Hall–Kier alpha value is -2.48. The maximum atomic E-state index is 12.4. The van der Waals surface area contributed by atoms with Gasteiger partial charge in [0.15, 0.2) is 5.17 Å². The van der Waals surface area contributed by atoms with Crippen molar-refractivity contribution in [2.45, 2.75) is 12.8 Å². The second-order valence-corrected chi connectivity index (χ2v) is 9.07. The Morgan fingerprint density at radius 2 is 1.81 bits per heavy atom. The lowest BCUT2D eigenvalue weighted by Crippen LogP contribution is -2.40. The zero-order valence-corrected chi connectivity index (χ0v) is 18.7. The molecule has 0 aliphatic carbocycles. The average Bonchev–Trinajstić information content (AvgIpc) is 3.12. The lowest BCUT2D eigenvalue weighted by atomic mass is 9.97. The predicted molar refractivity (Wildman–Crippen MR) is 124 cm³/mol. The van der Waals surface area contributed by atoms with E-state index >= 15 is 0 Å². The summed E-state index contributed by atoms with van der Waals surface area (Å²) in [5.41, 5.74) is 6.09. The zero-order chi connectivity index (χ0) is 22.0. The number of nitrogens with two attached hydrogens (primary N) is 1. The second-order valence-electron chi connectivity index (χ2n) is 7.21. The summed E-state index contributed by atoms with van der Waals surface area (Å²) in [7, 11) is 0. The molecule has 0 radical (unpaired) electrons. The Kier molecular flexibility index (Phi) is 6.55. The fraction of sp³-hybridized carbons (Fsp3) is 0.227. The molecule has 0 saturated carbocycles. The smallest absolute Gasteiger partial charge is 0.286 e. The first-order valence-electron chi connectivity index (χ1n) is 9.69. The van der Waals surface area contributed by atoms with Crippen molar-refractivity contribution in [3.05, 3.63) is 63.0 Å². The monoisotopic (exact) mass is 475 g/mol. The third-order valence-corrected chi connectivity index (χ3v) is 6.71. The Balaban J connectivity index is 1.42. The Labute approximate surface area is 194 Å². The van der Waals surface area contributed by atoms with Gasteiger partial charge in [0.1, 0.15) is 11.5 Å². The van der Waals surface area contributed by atoms with Gasteiger partial charge in [-0.25, -0.2) is 0 Å². The Bertz CT molecular complexity index is 1080. The van der Waals surface area contributed by atoms with Crippen molar-refractivity contribution < 1.29 is 14.3 Å². The van der Waals surface area contributed by atoms with Crippen molar-refractivity contribution in [1.82, 2.24) is 4.90 Å². The molecule has 0 unspecified atom stereocenters. The highest BCUT2D eigenvalue weighted by Gasteiger charge is 2.30. The summed E-state index contributed by atoms with van der Waals surface area (Å²) in [6.45, 7) is 1.30. The van der Waals surface area contributed by atoms with Gasteiger partial charge in [-0.15, -0.1) is 0 Å². The summed E-state index contributed by atoms with van der Waals surface area (Å²) in [6, 6.07) is 12.3. The average molecular weight is 476 g/mol. The van der Waals surface area contributed by atoms with Crippen LogP contribution in [-0.4, -0.2) is 35.0 Å². The molecular formula is C22H19Cl2N3O3S. The van der Waals surface area contributed by atoms with Gasteiger partial charge in [0, 0.05) is 24.0 Å². The van der Waals surface area contributed by atoms with Crippen LogP contribution in [0.25, 0.3) is 6.08 Å². The van der Waals surface area contributed by atoms with Gasteiger partial charge in [-0.1, -0.05) is 23.2 Å². The number of likely N-dealkylation sites (tertiary alicyclic amines) is 1. The van der Waals surface area contributed by atoms with E-state index in [9.17, 15) is 9.59 Å². The molecule has 2 amide bonds. The fourth-order valence-electron chi connectivity index (χ4n) is 3.36. The number of piperidine rings is 1. The molecule has 2 heterocycles. The topological polar surface area (TPSA) is 85.0 Å². The maximum Gasteiger partial charge on any atom is 0.286 e. The fourth-order valence-corrected chi connectivity index (χ4v) is 4.66. The normalized spacial score (nSPS) is 18.4. The molecular weight excluding hydrogens is 457 g/mol. The predicted octanol–water partition coefficient (Wildman–Crippen LogP) is 4.95. The number of hydrogen-bond acceptors (Lipinski definition) is 5. The number of amidine groups is 1. The van der Waals surface area contributed by atoms with Crippen molar-refractivity contribution in [2.24, 2.45) is 16.6 Å². The molecule has 160 valence electrons. The molecule has 0 spiro atoms. The minimum Gasteiger partial charge on any atom is -0.457 e. The number of ether oxygens (including phenoxy) is 1. The summed E-state index contributed by atoms with van der Waals surface area (Å²) in [5, 5.41) is 1.74. The largest absolute Gasteiger partial charge is 0.457 e. The number of rotatable bonds is 4. The molecule has 9 heteroatoms. The first-order chi connectivity index (χ1) is 14.9. The van der Waals surface area contributed by atoms with E-state index < -0.39 is 0 Å². The molecule has 2 aliphatic rings. The molecule has 0 aromatic heterocycles. The number of nitrogens with zero attached hydrogens (tertiary/aromatic N) is 2. The molecule has 6 nitrogen and oxygen atoms in total. The van der Waals surface area contributed by atoms with Crippen LogP contribution in [0.4, 0.5) is 0 Å². The third kappa shape index (κ3) is 5.23. The minimum atomic E-state index is -0.297. The number of benzene rings is 2. The standard InChI is InChI=1S/C22H19Cl2N3O3S/c23-15-2-5-16(6-3-15)30-17-4-1-14(18(24)12-17)11-19-21(29)26-22(31-19)27-9-7-13(8-10-27)20(25)28/h1-6,11-13H,7-10H2,(H2,25,28)/b19-11+.